The first kappa shape index (κ1) is 15.9. The van der Waals surface area contributed by atoms with Gasteiger partial charge in [-0.3, -0.25) is 4.79 Å². The van der Waals surface area contributed by atoms with Crippen LogP contribution in [0.3, 0.4) is 0 Å². The largest absolute Gasteiger partial charge is 0.382 e. The summed E-state index contributed by atoms with van der Waals surface area (Å²) in [5.41, 5.74) is 2.17. The van der Waals surface area contributed by atoms with Gasteiger partial charge in [-0.15, -0.1) is 0 Å². The summed E-state index contributed by atoms with van der Waals surface area (Å²) in [6.07, 6.45) is 2.43. The van der Waals surface area contributed by atoms with Gasteiger partial charge in [0.25, 0.3) is 0 Å². The molecule has 0 aromatic heterocycles. The Morgan fingerprint density at radius 1 is 1.04 bits per heavy atom. The normalized spacial score (nSPS) is 15.4. The van der Waals surface area contributed by atoms with E-state index >= 15 is 0 Å². The fourth-order valence-electron chi connectivity index (χ4n) is 2.93. The van der Waals surface area contributed by atoms with E-state index in [0.717, 1.165) is 37.2 Å². The topological polar surface area (TPSA) is 32.3 Å². The Labute approximate surface area is 142 Å². The molecule has 1 aliphatic heterocycles. The van der Waals surface area contributed by atoms with E-state index in [9.17, 15) is 4.79 Å². The quantitative estimate of drug-likeness (QED) is 0.920. The molecule has 2 aromatic rings. The Bertz CT molecular complexity index is 634. The molecule has 1 fully saturated rings. The van der Waals surface area contributed by atoms with Gasteiger partial charge in [0.1, 0.15) is 0 Å². The second-order valence-corrected chi connectivity index (χ2v) is 6.41. The Morgan fingerprint density at radius 2 is 1.70 bits per heavy atom. The molecule has 3 rings (SSSR count). The second-order valence-electron chi connectivity index (χ2n) is 5.97. The first-order valence-electron chi connectivity index (χ1n) is 8.04. The average Bonchev–Trinajstić information content (AvgIpc) is 2.58. The maximum Gasteiger partial charge on any atom is 0.226 e. The lowest BCUT2D eigenvalue weighted by Crippen LogP contribution is -2.43. The van der Waals surface area contributed by atoms with Crippen molar-refractivity contribution in [3.63, 3.8) is 0 Å². The Morgan fingerprint density at radius 3 is 2.35 bits per heavy atom. The zero-order valence-electron chi connectivity index (χ0n) is 13.0. The number of para-hydroxylation sites is 1. The number of hydrogen-bond donors (Lipinski definition) is 1. The van der Waals surface area contributed by atoms with Crippen LogP contribution in [0.15, 0.2) is 54.6 Å². The number of amides is 1. The van der Waals surface area contributed by atoms with Crippen molar-refractivity contribution in [3.05, 3.63) is 65.2 Å². The van der Waals surface area contributed by atoms with Crippen molar-refractivity contribution in [3.8, 4) is 0 Å². The molecule has 0 aliphatic carbocycles. The molecule has 0 bridgehead atoms. The van der Waals surface area contributed by atoms with Gasteiger partial charge in [-0.25, -0.2) is 0 Å². The number of likely N-dealkylation sites (tertiary alicyclic amines) is 1. The Kier molecular flexibility index (Phi) is 5.19. The fraction of sp³-hybridized carbons (Fsp3) is 0.316. The SMILES string of the molecule is O=C(Cc1ccc(Cl)cc1)N1CCC(Nc2ccccc2)CC1. The van der Waals surface area contributed by atoms with Gasteiger partial charge in [0, 0.05) is 29.8 Å². The van der Waals surface area contributed by atoms with Gasteiger partial charge in [-0.1, -0.05) is 41.9 Å². The van der Waals surface area contributed by atoms with Crippen LogP contribution in [0.1, 0.15) is 18.4 Å². The third kappa shape index (κ3) is 4.49. The maximum atomic E-state index is 12.4. The second kappa shape index (κ2) is 7.51. The van der Waals surface area contributed by atoms with E-state index in [1.165, 1.54) is 0 Å². The predicted octanol–water partition coefficient (Wildman–Crippen LogP) is 3.99. The lowest BCUT2D eigenvalue weighted by molar-refractivity contribution is -0.131. The van der Waals surface area contributed by atoms with Gasteiger partial charge >= 0.3 is 0 Å². The molecule has 0 atom stereocenters. The number of halogens is 1. The van der Waals surface area contributed by atoms with Gasteiger partial charge in [0.15, 0.2) is 0 Å². The summed E-state index contributed by atoms with van der Waals surface area (Å²) in [7, 11) is 0. The molecule has 1 saturated heterocycles. The highest BCUT2D eigenvalue weighted by molar-refractivity contribution is 6.30. The summed E-state index contributed by atoms with van der Waals surface area (Å²) >= 11 is 5.88. The van der Waals surface area contributed by atoms with Gasteiger partial charge in [0.2, 0.25) is 5.91 Å². The number of piperidine rings is 1. The van der Waals surface area contributed by atoms with E-state index in [1.54, 1.807) is 0 Å². The highest BCUT2D eigenvalue weighted by Gasteiger charge is 2.22. The van der Waals surface area contributed by atoms with Gasteiger partial charge in [-0.2, -0.15) is 0 Å². The van der Waals surface area contributed by atoms with E-state index in [4.69, 9.17) is 11.6 Å². The first-order chi connectivity index (χ1) is 11.2. The number of hydrogen-bond acceptors (Lipinski definition) is 2. The van der Waals surface area contributed by atoms with E-state index in [0.29, 0.717) is 17.5 Å². The van der Waals surface area contributed by atoms with Crippen LogP contribution in [0.2, 0.25) is 5.02 Å². The number of benzene rings is 2. The van der Waals surface area contributed by atoms with Crippen LogP contribution in [-0.2, 0) is 11.2 Å². The minimum absolute atomic E-state index is 0.200. The minimum atomic E-state index is 0.200. The molecule has 23 heavy (non-hydrogen) atoms. The maximum absolute atomic E-state index is 12.4. The molecule has 0 spiro atoms. The van der Waals surface area contributed by atoms with Gasteiger partial charge in [-0.05, 0) is 42.7 Å². The zero-order chi connectivity index (χ0) is 16.1. The third-order valence-corrected chi connectivity index (χ3v) is 4.51. The summed E-state index contributed by atoms with van der Waals surface area (Å²) < 4.78 is 0. The van der Waals surface area contributed by atoms with E-state index in [1.807, 2.05) is 47.4 Å². The van der Waals surface area contributed by atoms with E-state index in [-0.39, 0.29) is 5.91 Å². The monoisotopic (exact) mass is 328 g/mol. The molecular weight excluding hydrogens is 308 g/mol. The molecule has 0 unspecified atom stereocenters. The number of rotatable bonds is 4. The van der Waals surface area contributed by atoms with Crippen LogP contribution < -0.4 is 5.32 Å². The highest BCUT2D eigenvalue weighted by Crippen LogP contribution is 2.18. The smallest absolute Gasteiger partial charge is 0.226 e. The molecule has 1 amide bonds. The number of nitrogens with zero attached hydrogens (tertiary/aromatic N) is 1. The standard InChI is InChI=1S/C19H21ClN2O/c20-16-8-6-15(7-9-16)14-19(23)22-12-10-18(11-13-22)21-17-4-2-1-3-5-17/h1-9,18,21H,10-14H2. The third-order valence-electron chi connectivity index (χ3n) is 4.26. The van der Waals surface area contributed by atoms with Gasteiger partial charge < -0.3 is 10.2 Å². The first-order valence-corrected chi connectivity index (χ1v) is 8.42. The zero-order valence-corrected chi connectivity index (χ0v) is 13.8. The van der Waals surface area contributed by atoms with Crippen molar-refractivity contribution in [2.45, 2.75) is 25.3 Å². The molecule has 3 nitrogen and oxygen atoms in total. The van der Waals surface area contributed by atoms with Crippen molar-refractivity contribution in [2.24, 2.45) is 0 Å². The van der Waals surface area contributed by atoms with Crippen molar-refractivity contribution in [2.75, 3.05) is 18.4 Å². The van der Waals surface area contributed by atoms with Crippen LogP contribution in [0.4, 0.5) is 5.69 Å². The molecule has 0 saturated carbocycles. The Hall–Kier alpha value is -2.00. The molecule has 120 valence electrons. The summed E-state index contributed by atoms with van der Waals surface area (Å²) in [6.45, 7) is 1.63. The molecule has 1 heterocycles. The van der Waals surface area contributed by atoms with Crippen molar-refractivity contribution < 1.29 is 4.79 Å². The summed E-state index contributed by atoms with van der Waals surface area (Å²) in [4.78, 5) is 14.4. The number of anilines is 1. The number of carbonyl (C=O) groups is 1. The lowest BCUT2D eigenvalue weighted by Gasteiger charge is -2.33. The Balaban J connectivity index is 1.48. The van der Waals surface area contributed by atoms with Crippen LogP contribution in [0.25, 0.3) is 0 Å². The summed E-state index contributed by atoms with van der Waals surface area (Å²) in [5.74, 6) is 0.200. The van der Waals surface area contributed by atoms with Crippen molar-refractivity contribution in [1.82, 2.24) is 4.90 Å². The number of nitrogens with one attached hydrogen (secondary N) is 1. The van der Waals surface area contributed by atoms with E-state index in [2.05, 4.69) is 17.4 Å². The molecule has 4 heteroatoms. The van der Waals surface area contributed by atoms with Crippen LogP contribution in [0.5, 0.6) is 0 Å². The lowest BCUT2D eigenvalue weighted by atomic mass is 10.0. The predicted molar refractivity (Wildman–Crippen MR) is 94.8 cm³/mol. The molecule has 0 radical (unpaired) electrons. The van der Waals surface area contributed by atoms with Crippen molar-refractivity contribution in [1.29, 1.82) is 0 Å². The highest BCUT2D eigenvalue weighted by atomic mass is 35.5. The molecule has 1 aliphatic rings. The van der Waals surface area contributed by atoms with Crippen LogP contribution in [-0.4, -0.2) is 29.9 Å². The fourth-order valence-corrected chi connectivity index (χ4v) is 3.06. The number of carbonyl (C=O) groups excluding carboxylic acids is 1. The van der Waals surface area contributed by atoms with Gasteiger partial charge in [0.05, 0.1) is 6.42 Å². The summed E-state index contributed by atoms with van der Waals surface area (Å²) in [5, 5.41) is 4.25. The summed E-state index contributed by atoms with van der Waals surface area (Å²) in [6, 6.07) is 18.2. The molecule has 1 N–H and O–H groups in total. The molecular formula is C19H21ClN2O. The average molecular weight is 329 g/mol. The van der Waals surface area contributed by atoms with E-state index < -0.39 is 0 Å². The van der Waals surface area contributed by atoms with Crippen molar-refractivity contribution >= 4 is 23.2 Å². The molecule has 2 aromatic carbocycles. The van der Waals surface area contributed by atoms with Crippen LogP contribution >= 0.6 is 11.6 Å². The minimum Gasteiger partial charge on any atom is -0.382 e. The van der Waals surface area contributed by atoms with Crippen LogP contribution in [0, 0.1) is 0 Å².